The van der Waals surface area contributed by atoms with Crippen LogP contribution in [0.15, 0.2) is 48.8 Å². The first-order valence-corrected chi connectivity index (χ1v) is 7.27. The van der Waals surface area contributed by atoms with Gasteiger partial charge in [0.05, 0.1) is 0 Å². The van der Waals surface area contributed by atoms with Crippen molar-refractivity contribution in [1.82, 2.24) is 4.98 Å². The van der Waals surface area contributed by atoms with Gasteiger partial charge in [0.1, 0.15) is 0 Å². The van der Waals surface area contributed by atoms with Crippen molar-refractivity contribution >= 4 is 24.0 Å². The number of halogens is 1. The standard InChI is InChI=1S/C17H19N3O.ClH/c18-15-11-14-3-1-2-4-16(14)20(12-15)17(21)6-5-13-7-9-19-10-8-13;/h1-4,7-10,15H,5-6,11-12,18H2;1H. The Kier molecular flexibility index (Phi) is 5.52. The second kappa shape index (κ2) is 7.38. The molecule has 0 radical (unpaired) electrons. The van der Waals surface area contributed by atoms with E-state index in [4.69, 9.17) is 5.73 Å². The van der Waals surface area contributed by atoms with E-state index < -0.39 is 0 Å². The molecular weight excluding hydrogens is 298 g/mol. The Morgan fingerprint density at radius 3 is 2.73 bits per heavy atom. The maximum absolute atomic E-state index is 12.5. The average molecular weight is 318 g/mol. The topological polar surface area (TPSA) is 59.2 Å². The average Bonchev–Trinajstić information content (AvgIpc) is 2.52. The van der Waals surface area contributed by atoms with Gasteiger partial charge in [-0.15, -0.1) is 12.4 Å². The van der Waals surface area contributed by atoms with Crippen LogP contribution in [0.5, 0.6) is 0 Å². The van der Waals surface area contributed by atoms with Crippen molar-refractivity contribution in [3.63, 3.8) is 0 Å². The molecule has 1 atom stereocenters. The highest BCUT2D eigenvalue weighted by Gasteiger charge is 2.25. The molecule has 0 fully saturated rings. The van der Waals surface area contributed by atoms with Gasteiger partial charge in [0.15, 0.2) is 0 Å². The van der Waals surface area contributed by atoms with Crippen LogP contribution in [0.2, 0.25) is 0 Å². The quantitative estimate of drug-likeness (QED) is 0.945. The zero-order valence-corrected chi connectivity index (χ0v) is 13.1. The third-order valence-electron chi connectivity index (χ3n) is 3.86. The third-order valence-corrected chi connectivity index (χ3v) is 3.86. The molecular formula is C17H20ClN3O. The van der Waals surface area contributed by atoms with Crippen LogP contribution in [0.25, 0.3) is 0 Å². The van der Waals surface area contributed by atoms with Crippen molar-refractivity contribution in [2.75, 3.05) is 11.4 Å². The van der Waals surface area contributed by atoms with Crippen LogP contribution in [-0.4, -0.2) is 23.5 Å². The number of rotatable bonds is 3. The van der Waals surface area contributed by atoms with Gasteiger partial charge in [-0.3, -0.25) is 9.78 Å². The van der Waals surface area contributed by atoms with E-state index in [2.05, 4.69) is 11.1 Å². The summed E-state index contributed by atoms with van der Waals surface area (Å²) in [6.45, 7) is 0.603. The third kappa shape index (κ3) is 3.64. The summed E-state index contributed by atoms with van der Waals surface area (Å²) in [6, 6.07) is 11.9. The molecule has 0 saturated heterocycles. The van der Waals surface area contributed by atoms with E-state index >= 15 is 0 Å². The van der Waals surface area contributed by atoms with Gasteiger partial charge in [-0.25, -0.2) is 0 Å². The summed E-state index contributed by atoms with van der Waals surface area (Å²) in [5.41, 5.74) is 9.39. The largest absolute Gasteiger partial charge is 0.326 e. The van der Waals surface area contributed by atoms with Crippen LogP contribution in [-0.2, 0) is 17.6 Å². The Morgan fingerprint density at radius 2 is 1.95 bits per heavy atom. The molecule has 5 heteroatoms. The number of anilines is 1. The Labute approximate surface area is 136 Å². The van der Waals surface area contributed by atoms with E-state index in [9.17, 15) is 4.79 Å². The maximum Gasteiger partial charge on any atom is 0.227 e. The second-order valence-electron chi connectivity index (χ2n) is 5.45. The lowest BCUT2D eigenvalue weighted by Gasteiger charge is -2.33. The number of nitrogens with two attached hydrogens (primary N) is 1. The smallest absolute Gasteiger partial charge is 0.227 e. The SMILES string of the molecule is Cl.NC1Cc2ccccc2N(C(=O)CCc2ccncc2)C1. The van der Waals surface area contributed by atoms with Gasteiger partial charge in [-0.05, 0) is 42.2 Å². The van der Waals surface area contributed by atoms with Crippen LogP contribution in [0.4, 0.5) is 5.69 Å². The fourth-order valence-corrected chi connectivity index (χ4v) is 2.80. The van der Waals surface area contributed by atoms with E-state index in [1.165, 1.54) is 0 Å². The maximum atomic E-state index is 12.5. The van der Waals surface area contributed by atoms with Crippen LogP contribution >= 0.6 is 12.4 Å². The van der Waals surface area contributed by atoms with E-state index in [0.717, 1.165) is 29.7 Å². The molecule has 0 bridgehead atoms. The van der Waals surface area contributed by atoms with Crippen LogP contribution in [0.3, 0.4) is 0 Å². The Bertz CT molecular complexity index is 633. The number of fused-ring (bicyclic) bond motifs is 1. The van der Waals surface area contributed by atoms with Crippen molar-refractivity contribution in [3.05, 3.63) is 59.9 Å². The molecule has 1 aromatic carbocycles. The molecule has 116 valence electrons. The number of nitrogens with zero attached hydrogens (tertiary/aromatic N) is 2. The van der Waals surface area contributed by atoms with Gasteiger partial charge in [-0.1, -0.05) is 18.2 Å². The number of pyridine rings is 1. The fourth-order valence-electron chi connectivity index (χ4n) is 2.80. The zero-order chi connectivity index (χ0) is 14.7. The molecule has 0 saturated carbocycles. The van der Waals surface area contributed by atoms with Crippen molar-refractivity contribution in [3.8, 4) is 0 Å². The molecule has 2 N–H and O–H groups in total. The lowest BCUT2D eigenvalue weighted by molar-refractivity contribution is -0.118. The van der Waals surface area contributed by atoms with E-state index in [-0.39, 0.29) is 24.4 Å². The number of hydrogen-bond acceptors (Lipinski definition) is 3. The number of aryl methyl sites for hydroxylation is 1. The highest BCUT2D eigenvalue weighted by atomic mass is 35.5. The molecule has 0 aliphatic carbocycles. The number of aromatic nitrogens is 1. The molecule has 1 unspecified atom stereocenters. The first-order chi connectivity index (χ1) is 10.2. The lowest BCUT2D eigenvalue weighted by Crippen LogP contribution is -2.46. The van der Waals surface area contributed by atoms with Crippen LogP contribution in [0.1, 0.15) is 17.5 Å². The molecule has 2 aromatic rings. The molecule has 3 rings (SSSR count). The van der Waals surface area contributed by atoms with Gasteiger partial charge in [0.25, 0.3) is 0 Å². The van der Waals surface area contributed by atoms with Crippen molar-refractivity contribution in [1.29, 1.82) is 0 Å². The normalized spacial score (nSPS) is 16.6. The number of para-hydroxylation sites is 1. The summed E-state index contributed by atoms with van der Waals surface area (Å²) >= 11 is 0. The first-order valence-electron chi connectivity index (χ1n) is 7.27. The number of carbonyl (C=O) groups excluding carboxylic acids is 1. The Morgan fingerprint density at radius 1 is 1.23 bits per heavy atom. The first kappa shape index (κ1) is 16.5. The van der Waals surface area contributed by atoms with Gasteiger partial charge in [-0.2, -0.15) is 0 Å². The number of amides is 1. The summed E-state index contributed by atoms with van der Waals surface area (Å²) < 4.78 is 0. The minimum Gasteiger partial charge on any atom is -0.326 e. The Hall–Kier alpha value is -1.91. The van der Waals surface area contributed by atoms with Crippen LogP contribution < -0.4 is 10.6 Å². The van der Waals surface area contributed by atoms with E-state index in [1.807, 2.05) is 35.2 Å². The summed E-state index contributed by atoms with van der Waals surface area (Å²) in [7, 11) is 0. The van der Waals surface area contributed by atoms with Gasteiger partial charge in [0, 0.05) is 37.1 Å². The monoisotopic (exact) mass is 317 g/mol. The Balaban J connectivity index is 0.00000176. The van der Waals surface area contributed by atoms with Crippen LogP contribution in [0, 0.1) is 0 Å². The van der Waals surface area contributed by atoms with Gasteiger partial charge < -0.3 is 10.6 Å². The summed E-state index contributed by atoms with van der Waals surface area (Å²) in [5.74, 6) is 0.134. The van der Waals surface area contributed by atoms with Crippen molar-refractivity contribution in [2.45, 2.75) is 25.3 Å². The fraction of sp³-hybridized carbons (Fsp3) is 0.294. The summed E-state index contributed by atoms with van der Waals surface area (Å²) in [4.78, 5) is 18.4. The highest BCUT2D eigenvalue weighted by Crippen LogP contribution is 2.27. The number of carbonyl (C=O) groups is 1. The van der Waals surface area contributed by atoms with Crippen molar-refractivity contribution in [2.24, 2.45) is 5.73 Å². The predicted molar refractivity (Wildman–Crippen MR) is 90.3 cm³/mol. The van der Waals surface area contributed by atoms with E-state index in [0.29, 0.717) is 13.0 Å². The molecule has 0 spiro atoms. The summed E-state index contributed by atoms with van der Waals surface area (Å²) in [6.07, 6.45) is 5.57. The molecule has 1 aromatic heterocycles. The molecule has 1 amide bonds. The van der Waals surface area contributed by atoms with Gasteiger partial charge >= 0.3 is 0 Å². The lowest BCUT2D eigenvalue weighted by atomic mass is 9.98. The minimum atomic E-state index is 0. The molecule has 2 heterocycles. The van der Waals surface area contributed by atoms with Crippen molar-refractivity contribution < 1.29 is 4.79 Å². The number of hydrogen-bond donors (Lipinski definition) is 1. The minimum absolute atomic E-state index is 0. The predicted octanol–water partition coefficient (Wildman–Crippen LogP) is 2.35. The molecule has 4 nitrogen and oxygen atoms in total. The molecule has 1 aliphatic rings. The highest BCUT2D eigenvalue weighted by molar-refractivity contribution is 5.94. The molecule has 22 heavy (non-hydrogen) atoms. The summed E-state index contributed by atoms with van der Waals surface area (Å²) in [5, 5.41) is 0. The number of benzene rings is 1. The van der Waals surface area contributed by atoms with Gasteiger partial charge in [0.2, 0.25) is 5.91 Å². The van der Waals surface area contributed by atoms with E-state index in [1.54, 1.807) is 12.4 Å². The second-order valence-corrected chi connectivity index (χ2v) is 5.45. The molecule has 1 aliphatic heterocycles. The zero-order valence-electron chi connectivity index (χ0n) is 12.3.